The Morgan fingerprint density at radius 3 is 2.27 bits per heavy atom. The zero-order valence-corrected chi connectivity index (χ0v) is 21.3. The number of alkyl halides is 3. The number of carbonyl (C=O) groups is 4. The minimum Gasteiger partial charge on any atom is -0.406 e. The summed E-state index contributed by atoms with van der Waals surface area (Å²) in [4.78, 5) is 54.1. The molecule has 0 unspecified atom stereocenters. The highest BCUT2D eigenvalue weighted by atomic mass is 19.4. The lowest BCUT2D eigenvalue weighted by molar-refractivity contribution is -0.274. The van der Waals surface area contributed by atoms with Crippen LogP contribution in [0.25, 0.3) is 0 Å². The Balaban J connectivity index is 1.36. The molecule has 5 rings (SSSR count). The summed E-state index contributed by atoms with van der Waals surface area (Å²) >= 11 is 0. The first-order valence-corrected chi connectivity index (χ1v) is 12.6. The molecule has 3 amide bonds. The second kappa shape index (κ2) is 10.7. The van der Waals surface area contributed by atoms with E-state index in [9.17, 15) is 36.7 Å². The zero-order chi connectivity index (χ0) is 29.4. The number of amides is 3. The van der Waals surface area contributed by atoms with Crippen LogP contribution in [-0.4, -0.2) is 41.4 Å². The fourth-order valence-electron chi connectivity index (χ4n) is 4.65. The Labute approximate surface area is 231 Å². The highest BCUT2D eigenvalue weighted by Crippen LogP contribution is 2.37. The summed E-state index contributed by atoms with van der Waals surface area (Å²) in [7, 11) is 0. The molecular formula is C29H23F4N3O5. The summed E-state index contributed by atoms with van der Waals surface area (Å²) in [6.45, 7) is -0.114. The number of anilines is 1. The molecule has 1 saturated carbocycles. The number of nitrogens with zero attached hydrogens (tertiary/aromatic N) is 1. The number of para-hydroxylation sites is 1. The van der Waals surface area contributed by atoms with Gasteiger partial charge in [0, 0.05) is 12.0 Å². The summed E-state index contributed by atoms with van der Waals surface area (Å²) in [6, 6.07) is 15.3. The van der Waals surface area contributed by atoms with Gasteiger partial charge in [0.05, 0.1) is 17.8 Å². The second-order valence-electron chi connectivity index (χ2n) is 9.80. The van der Waals surface area contributed by atoms with Gasteiger partial charge >= 0.3 is 6.36 Å². The summed E-state index contributed by atoms with van der Waals surface area (Å²) < 4.78 is 55.6. The van der Waals surface area contributed by atoms with Gasteiger partial charge in [-0.15, -0.1) is 13.2 Å². The standard InChI is InChI=1S/C29H23F4N3O5/c30-21-7-3-1-5-19(21)25(38)35-28(13-14-28)27(40)34-22-15-24(37)20-6-2-4-8-23(20)36(26(22)39)16-17-9-11-18(12-10-17)41-29(31,32)33/h1-12,22H,13-16H2,(H,34,40)(H,35,38)/t22-/m1/s1. The number of ketones is 1. The number of ether oxygens (including phenoxy) is 1. The second-order valence-corrected chi connectivity index (χ2v) is 9.80. The highest BCUT2D eigenvalue weighted by Gasteiger charge is 2.52. The number of benzene rings is 3. The van der Waals surface area contributed by atoms with E-state index in [-0.39, 0.29) is 42.6 Å². The SMILES string of the molecule is O=C(NC1(C(=O)N[C@@H]2CC(=O)c3ccccc3N(Cc3ccc(OC(F)(F)F)cc3)C2=O)CC1)c1ccccc1F. The third kappa shape index (κ3) is 6.06. The van der Waals surface area contributed by atoms with Crippen LogP contribution in [0.3, 0.4) is 0 Å². The van der Waals surface area contributed by atoms with Gasteiger partial charge in [0.2, 0.25) is 11.8 Å². The molecule has 41 heavy (non-hydrogen) atoms. The minimum absolute atomic E-state index is 0.114. The molecule has 0 bridgehead atoms. The zero-order valence-electron chi connectivity index (χ0n) is 21.3. The topological polar surface area (TPSA) is 105 Å². The van der Waals surface area contributed by atoms with Gasteiger partial charge in [0.15, 0.2) is 5.78 Å². The summed E-state index contributed by atoms with van der Waals surface area (Å²) in [6.07, 6.45) is -4.71. The Morgan fingerprint density at radius 2 is 1.61 bits per heavy atom. The van der Waals surface area contributed by atoms with Gasteiger partial charge in [-0.3, -0.25) is 19.2 Å². The van der Waals surface area contributed by atoms with Gasteiger partial charge in [-0.05, 0) is 54.8 Å². The average Bonchev–Trinajstić information content (AvgIpc) is 3.72. The van der Waals surface area contributed by atoms with Gasteiger partial charge in [0.25, 0.3) is 5.91 Å². The lowest BCUT2D eigenvalue weighted by Crippen LogP contribution is -2.55. The van der Waals surface area contributed by atoms with Crippen molar-refractivity contribution < 1.29 is 41.5 Å². The molecule has 1 heterocycles. The predicted molar refractivity (Wildman–Crippen MR) is 137 cm³/mol. The van der Waals surface area contributed by atoms with Crippen LogP contribution >= 0.6 is 0 Å². The van der Waals surface area contributed by atoms with Crippen LogP contribution < -0.4 is 20.3 Å². The van der Waals surface area contributed by atoms with E-state index in [1.54, 1.807) is 24.3 Å². The number of Topliss-reactive ketones (excluding diaryl/α,β-unsaturated/α-hetero) is 1. The Hall–Kier alpha value is -4.74. The van der Waals surface area contributed by atoms with Crippen LogP contribution in [0.5, 0.6) is 5.75 Å². The lowest BCUT2D eigenvalue weighted by Gasteiger charge is -2.27. The van der Waals surface area contributed by atoms with Crippen LogP contribution in [0.15, 0.2) is 72.8 Å². The van der Waals surface area contributed by atoms with Crippen molar-refractivity contribution in [1.29, 1.82) is 0 Å². The van der Waals surface area contributed by atoms with Crippen LogP contribution in [0, 0.1) is 5.82 Å². The number of fused-ring (bicyclic) bond motifs is 1. The molecule has 3 aromatic carbocycles. The summed E-state index contributed by atoms with van der Waals surface area (Å²) in [5, 5.41) is 5.15. The molecule has 2 aliphatic rings. The summed E-state index contributed by atoms with van der Waals surface area (Å²) in [5.74, 6) is -3.69. The fraction of sp³-hybridized carbons (Fsp3) is 0.241. The van der Waals surface area contributed by atoms with Gasteiger partial charge in [-0.1, -0.05) is 36.4 Å². The van der Waals surface area contributed by atoms with Crippen LogP contribution in [-0.2, 0) is 16.1 Å². The van der Waals surface area contributed by atoms with Crippen molar-refractivity contribution in [2.24, 2.45) is 0 Å². The maximum atomic E-state index is 14.1. The van der Waals surface area contributed by atoms with Crippen molar-refractivity contribution in [2.75, 3.05) is 4.90 Å². The van der Waals surface area contributed by atoms with Gasteiger partial charge in [0.1, 0.15) is 23.1 Å². The molecule has 212 valence electrons. The quantitative estimate of drug-likeness (QED) is 0.413. The number of nitrogens with one attached hydrogen (secondary N) is 2. The molecule has 3 aromatic rings. The molecule has 1 aliphatic carbocycles. The Bertz CT molecular complexity index is 1520. The number of hydrogen-bond acceptors (Lipinski definition) is 5. The molecule has 2 N–H and O–H groups in total. The van der Waals surface area contributed by atoms with Crippen LogP contribution in [0.1, 0.15) is 45.5 Å². The van der Waals surface area contributed by atoms with Gasteiger partial charge in [-0.25, -0.2) is 4.39 Å². The number of rotatable bonds is 7. The third-order valence-corrected chi connectivity index (χ3v) is 6.91. The molecular weight excluding hydrogens is 546 g/mol. The average molecular weight is 570 g/mol. The third-order valence-electron chi connectivity index (χ3n) is 6.91. The van der Waals surface area contributed by atoms with E-state index in [0.29, 0.717) is 5.56 Å². The Morgan fingerprint density at radius 1 is 0.951 bits per heavy atom. The van der Waals surface area contributed by atoms with E-state index in [4.69, 9.17) is 0 Å². The normalized spacial score (nSPS) is 17.8. The monoisotopic (exact) mass is 569 g/mol. The maximum Gasteiger partial charge on any atom is 0.573 e. The van der Waals surface area contributed by atoms with Gasteiger partial charge < -0.3 is 20.3 Å². The molecule has 8 nitrogen and oxygen atoms in total. The first-order valence-electron chi connectivity index (χ1n) is 12.6. The number of carbonyl (C=O) groups excluding carboxylic acids is 4. The van der Waals surface area contributed by atoms with E-state index >= 15 is 0 Å². The van der Waals surface area contributed by atoms with Crippen molar-refractivity contribution in [3.8, 4) is 5.75 Å². The van der Waals surface area contributed by atoms with E-state index < -0.39 is 53.0 Å². The molecule has 0 radical (unpaired) electrons. The molecule has 0 saturated heterocycles. The largest absolute Gasteiger partial charge is 0.573 e. The van der Waals surface area contributed by atoms with Crippen molar-refractivity contribution in [3.05, 3.63) is 95.3 Å². The highest BCUT2D eigenvalue weighted by molar-refractivity contribution is 6.13. The van der Waals surface area contributed by atoms with Crippen LogP contribution in [0.4, 0.5) is 23.2 Å². The first kappa shape index (κ1) is 27.8. The van der Waals surface area contributed by atoms with Crippen molar-refractivity contribution >= 4 is 29.2 Å². The van der Waals surface area contributed by atoms with E-state index in [0.717, 1.165) is 18.2 Å². The van der Waals surface area contributed by atoms with Crippen LogP contribution in [0.2, 0.25) is 0 Å². The van der Waals surface area contributed by atoms with Crippen molar-refractivity contribution in [3.63, 3.8) is 0 Å². The smallest absolute Gasteiger partial charge is 0.406 e. The van der Waals surface area contributed by atoms with E-state index in [2.05, 4.69) is 15.4 Å². The molecule has 12 heteroatoms. The molecule has 1 atom stereocenters. The summed E-state index contributed by atoms with van der Waals surface area (Å²) in [5.41, 5.74) is -0.632. The molecule has 0 spiro atoms. The maximum absolute atomic E-state index is 14.1. The minimum atomic E-state index is -4.86. The lowest BCUT2D eigenvalue weighted by atomic mass is 10.0. The first-order chi connectivity index (χ1) is 19.5. The fourth-order valence-corrected chi connectivity index (χ4v) is 4.65. The van der Waals surface area contributed by atoms with E-state index in [1.165, 1.54) is 35.2 Å². The number of hydrogen-bond donors (Lipinski definition) is 2. The number of halogens is 4. The van der Waals surface area contributed by atoms with Crippen molar-refractivity contribution in [1.82, 2.24) is 10.6 Å². The molecule has 1 fully saturated rings. The Kier molecular flexibility index (Phi) is 7.24. The van der Waals surface area contributed by atoms with E-state index in [1.807, 2.05) is 0 Å². The molecule has 0 aromatic heterocycles. The van der Waals surface area contributed by atoms with Gasteiger partial charge in [-0.2, -0.15) is 0 Å². The van der Waals surface area contributed by atoms with Crippen molar-refractivity contribution in [2.45, 2.75) is 43.8 Å². The molecule has 1 aliphatic heterocycles. The predicted octanol–water partition coefficient (Wildman–Crippen LogP) is 4.29.